The van der Waals surface area contributed by atoms with Gasteiger partial charge in [0.2, 0.25) is 9.84 Å². The number of rotatable bonds is 6. The van der Waals surface area contributed by atoms with E-state index in [1.807, 2.05) is 24.3 Å². The number of carbonyl (C=O) groups is 1. The van der Waals surface area contributed by atoms with E-state index in [2.05, 4.69) is 10.2 Å². The summed E-state index contributed by atoms with van der Waals surface area (Å²) in [5.41, 5.74) is 1.92. The Labute approximate surface area is 181 Å². The van der Waals surface area contributed by atoms with Crippen LogP contribution in [0.1, 0.15) is 34.5 Å². The number of nitrogens with one attached hydrogen (secondary N) is 1. The van der Waals surface area contributed by atoms with Crippen LogP contribution in [0.25, 0.3) is 0 Å². The number of thiophene rings is 1. The maximum Gasteiger partial charge on any atom is 0.265 e. The van der Waals surface area contributed by atoms with E-state index in [1.54, 1.807) is 36.4 Å². The summed E-state index contributed by atoms with van der Waals surface area (Å²) in [5.74, 6) is -0.307. The fourth-order valence-electron chi connectivity index (χ4n) is 3.56. The SMILES string of the molecule is O=C(Nc1ccc(CN2CCCCC2)cc1)c1ccc(S(=O)(=O)c2ccccc2)s1. The van der Waals surface area contributed by atoms with Crippen LogP contribution in [-0.2, 0) is 16.4 Å². The molecule has 2 aromatic carbocycles. The predicted molar refractivity (Wildman–Crippen MR) is 120 cm³/mol. The number of carbonyl (C=O) groups excluding carboxylic acids is 1. The molecule has 2 heterocycles. The van der Waals surface area contributed by atoms with Crippen molar-refractivity contribution in [3.8, 4) is 0 Å². The number of piperidine rings is 1. The number of anilines is 1. The molecule has 0 radical (unpaired) electrons. The molecule has 1 N–H and O–H groups in total. The Morgan fingerprint density at radius 3 is 2.30 bits per heavy atom. The molecule has 1 fully saturated rings. The van der Waals surface area contributed by atoms with Crippen LogP contribution in [-0.4, -0.2) is 32.3 Å². The summed E-state index contributed by atoms with van der Waals surface area (Å²) >= 11 is 0.982. The van der Waals surface area contributed by atoms with Crippen LogP contribution in [0.3, 0.4) is 0 Å². The third-order valence-electron chi connectivity index (χ3n) is 5.19. The van der Waals surface area contributed by atoms with Crippen LogP contribution < -0.4 is 5.32 Å². The Hall–Kier alpha value is -2.48. The standard InChI is InChI=1S/C23H24N2O3S2/c26-23(21-13-14-22(29-21)30(27,28)20-7-3-1-4-8-20)24-19-11-9-18(10-12-19)17-25-15-5-2-6-16-25/h1,3-4,7-14H,2,5-6,15-17H2,(H,24,26). The molecular weight excluding hydrogens is 416 g/mol. The molecule has 1 aliphatic rings. The molecule has 0 spiro atoms. The monoisotopic (exact) mass is 440 g/mol. The maximum absolute atomic E-state index is 12.7. The van der Waals surface area contributed by atoms with E-state index < -0.39 is 9.84 Å². The van der Waals surface area contributed by atoms with E-state index in [4.69, 9.17) is 0 Å². The van der Waals surface area contributed by atoms with Gasteiger partial charge in [-0.2, -0.15) is 0 Å². The summed E-state index contributed by atoms with van der Waals surface area (Å²) in [6, 6.07) is 19.1. The summed E-state index contributed by atoms with van der Waals surface area (Å²) in [7, 11) is -3.61. The number of hydrogen-bond acceptors (Lipinski definition) is 5. The fraction of sp³-hybridized carbons (Fsp3) is 0.261. The minimum absolute atomic E-state index is 0.163. The minimum atomic E-state index is -3.61. The molecule has 0 unspecified atom stereocenters. The van der Waals surface area contributed by atoms with Gasteiger partial charge < -0.3 is 5.32 Å². The average molecular weight is 441 g/mol. The Kier molecular flexibility index (Phi) is 6.32. The molecule has 0 bridgehead atoms. The van der Waals surface area contributed by atoms with Crippen LogP contribution in [0.5, 0.6) is 0 Å². The third-order valence-corrected chi connectivity index (χ3v) is 8.54. The molecule has 1 aliphatic heterocycles. The highest BCUT2D eigenvalue weighted by atomic mass is 32.2. The van der Waals surface area contributed by atoms with Crippen LogP contribution in [0.4, 0.5) is 5.69 Å². The molecular formula is C23H24N2O3S2. The van der Waals surface area contributed by atoms with E-state index in [0.717, 1.165) is 31.0 Å². The van der Waals surface area contributed by atoms with E-state index in [1.165, 1.54) is 30.9 Å². The van der Waals surface area contributed by atoms with Crippen LogP contribution in [0, 0.1) is 0 Å². The first-order valence-corrected chi connectivity index (χ1v) is 12.3. The van der Waals surface area contributed by atoms with Crippen LogP contribution in [0.2, 0.25) is 0 Å². The van der Waals surface area contributed by atoms with E-state index in [-0.39, 0.29) is 15.0 Å². The van der Waals surface area contributed by atoms with Gasteiger partial charge in [0.15, 0.2) is 0 Å². The molecule has 1 saturated heterocycles. The van der Waals surface area contributed by atoms with Crippen molar-refractivity contribution in [2.45, 2.75) is 34.9 Å². The highest BCUT2D eigenvalue weighted by molar-refractivity contribution is 7.93. The molecule has 5 nitrogen and oxygen atoms in total. The van der Waals surface area contributed by atoms with E-state index in [9.17, 15) is 13.2 Å². The van der Waals surface area contributed by atoms with Gasteiger partial charge in [-0.25, -0.2) is 8.42 Å². The third kappa shape index (κ3) is 4.80. The lowest BCUT2D eigenvalue weighted by Crippen LogP contribution is -2.29. The molecule has 7 heteroatoms. The van der Waals surface area contributed by atoms with Crippen LogP contribution in [0.15, 0.2) is 75.8 Å². The van der Waals surface area contributed by atoms with Crippen molar-refractivity contribution < 1.29 is 13.2 Å². The van der Waals surface area contributed by atoms with Crippen molar-refractivity contribution in [1.29, 1.82) is 0 Å². The van der Waals surface area contributed by atoms with Gasteiger partial charge >= 0.3 is 0 Å². The quantitative estimate of drug-likeness (QED) is 0.597. The van der Waals surface area contributed by atoms with E-state index in [0.29, 0.717) is 10.6 Å². The number of nitrogens with zero attached hydrogens (tertiary/aromatic N) is 1. The van der Waals surface area contributed by atoms with Crippen molar-refractivity contribution in [3.63, 3.8) is 0 Å². The summed E-state index contributed by atoms with van der Waals surface area (Å²) in [6.45, 7) is 3.22. The molecule has 0 aliphatic carbocycles. The zero-order valence-electron chi connectivity index (χ0n) is 16.6. The topological polar surface area (TPSA) is 66.5 Å². The summed E-state index contributed by atoms with van der Waals surface area (Å²) in [6.07, 6.45) is 3.84. The van der Waals surface area contributed by atoms with Gasteiger partial charge in [0, 0.05) is 12.2 Å². The van der Waals surface area contributed by atoms with Gasteiger partial charge in [0.25, 0.3) is 5.91 Å². The van der Waals surface area contributed by atoms with Gasteiger partial charge in [-0.15, -0.1) is 11.3 Å². The molecule has 1 amide bonds. The minimum Gasteiger partial charge on any atom is -0.321 e. The Bertz CT molecular complexity index is 1100. The van der Waals surface area contributed by atoms with Gasteiger partial charge in [0.1, 0.15) is 4.21 Å². The normalized spacial score (nSPS) is 15.1. The molecule has 4 rings (SSSR count). The smallest absolute Gasteiger partial charge is 0.265 e. The lowest BCUT2D eigenvalue weighted by molar-refractivity contribution is 0.103. The van der Waals surface area contributed by atoms with Gasteiger partial charge in [-0.05, 0) is 67.9 Å². The van der Waals surface area contributed by atoms with Crippen molar-refractivity contribution in [3.05, 3.63) is 77.2 Å². The summed E-state index contributed by atoms with van der Waals surface area (Å²) in [4.78, 5) is 15.6. The second kappa shape index (κ2) is 9.12. The highest BCUT2D eigenvalue weighted by Gasteiger charge is 2.21. The molecule has 3 aromatic rings. The largest absolute Gasteiger partial charge is 0.321 e. The van der Waals surface area contributed by atoms with Crippen molar-refractivity contribution >= 4 is 32.8 Å². The van der Waals surface area contributed by atoms with E-state index >= 15 is 0 Å². The predicted octanol–water partition coefficient (Wildman–Crippen LogP) is 4.82. The first-order valence-electron chi connectivity index (χ1n) is 10.0. The number of benzene rings is 2. The van der Waals surface area contributed by atoms with Gasteiger partial charge in [0.05, 0.1) is 9.77 Å². The van der Waals surface area contributed by atoms with Gasteiger partial charge in [-0.1, -0.05) is 36.8 Å². The zero-order chi connectivity index (χ0) is 21.0. The first-order chi connectivity index (χ1) is 14.5. The van der Waals surface area contributed by atoms with Gasteiger partial charge in [-0.3, -0.25) is 9.69 Å². The molecule has 0 atom stereocenters. The highest BCUT2D eigenvalue weighted by Crippen LogP contribution is 2.28. The van der Waals surface area contributed by atoms with Crippen LogP contribution >= 0.6 is 11.3 Å². The number of hydrogen-bond donors (Lipinski definition) is 1. The number of amides is 1. The molecule has 30 heavy (non-hydrogen) atoms. The number of likely N-dealkylation sites (tertiary alicyclic amines) is 1. The molecule has 156 valence electrons. The second-order valence-corrected chi connectivity index (χ2v) is 10.7. The lowest BCUT2D eigenvalue weighted by Gasteiger charge is -2.26. The Balaban J connectivity index is 1.41. The molecule has 0 saturated carbocycles. The average Bonchev–Trinajstić information content (AvgIpc) is 3.28. The Morgan fingerprint density at radius 1 is 0.900 bits per heavy atom. The van der Waals surface area contributed by atoms with Crippen molar-refractivity contribution in [2.75, 3.05) is 18.4 Å². The number of sulfone groups is 1. The summed E-state index contributed by atoms with van der Waals surface area (Å²) in [5, 5.41) is 2.86. The Morgan fingerprint density at radius 2 is 1.60 bits per heavy atom. The fourth-order valence-corrected chi connectivity index (χ4v) is 6.19. The van der Waals surface area contributed by atoms with Crippen molar-refractivity contribution in [1.82, 2.24) is 4.90 Å². The second-order valence-electron chi connectivity index (χ2n) is 7.42. The zero-order valence-corrected chi connectivity index (χ0v) is 18.2. The van der Waals surface area contributed by atoms with Crippen molar-refractivity contribution in [2.24, 2.45) is 0 Å². The summed E-state index contributed by atoms with van der Waals surface area (Å²) < 4.78 is 25.6. The first kappa shape index (κ1) is 20.8. The lowest BCUT2D eigenvalue weighted by atomic mass is 10.1. The molecule has 1 aromatic heterocycles. The maximum atomic E-state index is 12.7.